The highest BCUT2D eigenvalue weighted by Gasteiger charge is 2.14. The molecule has 0 spiro atoms. The van der Waals surface area contributed by atoms with Gasteiger partial charge in [0.05, 0.1) is 0 Å². The maximum Gasteiger partial charge on any atom is 0.277 e. The third-order valence-electron chi connectivity index (χ3n) is 2.98. The van der Waals surface area contributed by atoms with E-state index in [4.69, 9.17) is 4.52 Å². The van der Waals surface area contributed by atoms with Crippen LogP contribution in [0.25, 0.3) is 11.3 Å². The summed E-state index contributed by atoms with van der Waals surface area (Å²) in [6.45, 7) is 0. The van der Waals surface area contributed by atoms with Crippen LogP contribution in [-0.4, -0.2) is 11.1 Å². The molecular weight excluding hydrogens is 290 g/mol. The van der Waals surface area contributed by atoms with Gasteiger partial charge in [0.25, 0.3) is 5.91 Å². The van der Waals surface area contributed by atoms with Crippen LogP contribution in [-0.2, 0) is 0 Å². The van der Waals surface area contributed by atoms with Crippen molar-refractivity contribution in [2.24, 2.45) is 0 Å². The van der Waals surface area contributed by atoms with Crippen LogP contribution in [0.15, 0.2) is 59.1 Å². The van der Waals surface area contributed by atoms with Crippen molar-refractivity contribution in [1.29, 1.82) is 0 Å². The van der Waals surface area contributed by atoms with E-state index in [-0.39, 0.29) is 11.4 Å². The quantitative estimate of drug-likeness (QED) is 0.798. The van der Waals surface area contributed by atoms with E-state index in [1.165, 1.54) is 12.1 Å². The largest absolute Gasteiger partial charge is 0.355 e. The fraction of sp³-hybridized carbons (Fsp3) is 0. The summed E-state index contributed by atoms with van der Waals surface area (Å²) < 4.78 is 31.0. The molecule has 0 fully saturated rings. The average Bonchev–Trinajstić information content (AvgIpc) is 3.02. The van der Waals surface area contributed by atoms with Crippen molar-refractivity contribution < 1.29 is 18.1 Å². The first-order chi connectivity index (χ1) is 10.6. The van der Waals surface area contributed by atoms with Crippen LogP contribution in [0.1, 0.15) is 10.5 Å². The molecule has 0 bridgehead atoms. The van der Waals surface area contributed by atoms with Gasteiger partial charge in [0.15, 0.2) is 23.1 Å². The second kappa shape index (κ2) is 5.77. The Morgan fingerprint density at radius 2 is 1.77 bits per heavy atom. The van der Waals surface area contributed by atoms with Crippen LogP contribution in [0.2, 0.25) is 0 Å². The molecule has 6 heteroatoms. The highest BCUT2D eigenvalue weighted by molar-refractivity contribution is 6.03. The van der Waals surface area contributed by atoms with Gasteiger partial charge in [-0.25, -0.2) is 8.78 Å². The number of rotatable bonds is 3. The minimum Gasteiger partial charge on any atom is -0.355 e. The van der Waals surface area contributed by atoms with Gasteiger partial charge in [-0.1, -0.05) is 35.5 Å². The Labute approximate surface area is 124 Å². The molecule has 0 aliphatic carbocycles. The molecule has 3 aromatic rings. The number of nitrogens with one attached hydrogen (secondary N) is 1. The van der Waals surface area contributed by atoms with E-state index >= 15 is 0 Å². The van der Waals surface area contributed by atoms with Gasteiger partial charge in [-0.05, 0) is 12.1 Å². The number of amides is 1. The predicted molar refractivity (Wildman–Crippen MR) is 76.3 cm³/mol. The standard InChI is InChI=1S/C16H10F2N2O2/c17-12-7-6-11(8-13(12)18)19-16(21)14-9-15(22-20-14)10-4-2-1-3-5-10/h1-9H,(H,19,21). The smallest absolute Gasteiger partial charge is 0.277 e. The van der Waals surface area contributed by atoms with E-state index in [1.807, 2.05) is 30.3 Å². The Kier molecular flexibility index (Phi) is 3.65. The molecule has 0 saturated carbocycles. The van der Waals surface area contributed by atoms with Gasteiger partial charge >= 0.3 is 0 Å². The Hall–Kier alpha value is -3.02. The van der Waals surface area contributed by atoms with Crippen molar-refractivity contribution in [3.05, 3.63) is 71.9 Å². The van der Waals surface area contributed by atoms with Crippen molar-refractivity contribution in [2.45, 2.75) is 0 Å². The number of carbonyl (C=O) groups excluding carboxylic acids is 1. The second-order valence-corrected chi connectivity index (χ2v) is 4.53. The van der Waals surface area contributed by atoms with Crippen LogP contribution >= 0.6 is 0 Å². The maximum atomic E-state index is 13.1. The molecule has 4 nitrogen and oxygen atoms in total. The Morgan fingerprint density at radius 3 is 2.50 bits per heavy atom. The SMILES string of the molecule is O=C(Nc1ccc(F)c(F)c1)c1cc(-c2ccccc2)on1. The van der Waals surface area contributed by atoms with Gasteiger partial charge in [-0.2, -0.15) is 0 Å². The molecule has 0 radical (unpaired) electrons. The van der Waals surface area contributed by atoms with E-state index in [0.29, 0.717) is 5.76 Å². The number of halogens is 2. The summed E-state index contributed by atoms with van der Waals surface area (Å²) in [5, 5.41) is 6.10. The molecule has 110 valence electrons. The monoisotopic (exact) mass is 300 g/mol. The van der Waals surface area contributed by atoms with Crippen LogP contribution in [0.4, 0.5) is 14.5 Å². The summed E-state index contributed by atoms with van der Waals surface area (Å²) in [4.78, 5) is 12.0. The number of nitrogens with zero attached hydrogens (tertiary/aromatic N) is 1. The molecule has 0 aliphatic heterocycles. The maximum absolute atomic E-state index is 13.1. The lowest BCUT2D eigenvalue weighted by atomic mass is 10.1. The van der Waals surface area contributed by atoms with Gasteiger partial charge in [-0.3, -0.25) is 4.79 Å². The molecule has 22 heavy (non-hydrogen) atoms. The minimum absolute atomic E-state index is 0.0450. The van der Waals surface area contributed by atoms with Crippen LogP contribution in [0, 0.1) is 11.6 Å². The van der Waals surface area contributed by atoms with Gasteiger partial charge in [0.1, 0.15) is 0 Å². The molecule has 3 rings (SSSR count). The molecule has 0 unspecified atom stereocenters. The van der Waals surface area contributed by atoms with Crippen molar-refractivity contribution in [3.8, 4) is 11.3 Å². The van der Waals surface area contributed by atoms with E-state index < -0.39 is 17.5 Å². The van der Waals surface area contributed by atoms with E-state index in [9.17, 15) is 13.6 Å². The average molecular weight is 300 g/mol. The summed E-state index contributed by atoms with van der Waals surface area (Å²) >= 11 is 0. The number of hydrogen-bond acceptors (Lipinski definition) is 3. The van der Waals surface area contributed by atoms with E-state index in [2.05, 4.69) is 10.5 Å². The molecule has 1 aromatic heterocycles. The zero-order chi connectivity index (χ0) is 15.5. The van der Waals surface area contributed by atoms with Gasteiger partial charge in [-0.15, -0.1) is 0 Å². The summed E-state index contributed by atoms with van der Waals surface area (Å²) in [7, 11) is 0. The predicted octanol–water partition coefficient (Wildman–Crippen LogP) is 3.87. The molecule has 0 aliphatic rings. The molecule has 1 amide bonds. The van der Waals surface area contributed by atoms with E-state index in [0.717, 1.165) is 17.7 Å². The van der Waals surface area contributed by atoms with Crippen molar-refractivity contribution in [3.63, 3.8) is 0 Å². The fourth-order valence-corrected chi connectivity index (χ4v) is 1.89. The molecule has 0 saturated heterocycles. The highest BCUT2D eigenvalue weighted by atomic mass is 19.2. The highest BCUT2D eigenvalue weighted by Crippen LogP contribution is 2.20. The normalized spacial score (nSPS) is 10.5. The molecular formula is C16H10F2N2O2. The first kappa shape index (κ1) is 13.9. The van der Waals surface area contributed by atoms with Gasteiger partial charge in [0.2, 0.25) is 0 Å². The lowest BCUT2D eigenvalue weighted by Gasteiger charge is -2.02. The number of carbonyl (C=O) groups is 1. The fourth-order valence-electron chi connectivity index (χ4n) is 1.89. The topological polar surface area (TPSA) is 55.1 Å². The third kappa shape index (κ3) is 2.85. The Morgan fingerprint density at radius 1 is 1.00 bits per heavy atom. The molecule has 1 heterocycles. The van der Waals surface area contributed by atoms with Crippen molar-refractivity contribution in [2.75, 3.05) is 5.32 Å². The molecule has 1 N–H and O–H groups in total. The minimum atomic E-state index is -1.04. The van der Waals surface area contributed by atoms with Crippen LogP contribution in [0.5, 0.6) is 0 Å². The van der Waals surface area contributed by atoms with Crippen molar-refractivity contribution >= 4 is 11.6 Å². The van der Waals surface area contributed by atoms with Gasteiger partial charge < -0.3 is 9.84 Å². The number of aromatic nitrogens is 1. The molecule has 0 atom stereocenters. The molecule has 2 aromatic carbocycles. The summed E-state index contributed by atoms with van der Waals surface area (Å²) in [5.74, 6) is -2.15. The Bertz CT molecular complexity index is 816. The lowest BCUT2D eigenvalue weighted by molar-refractivity contribution is 0.101. The van der Waals surface area contributed by atoms with E-state index in [1.54, 1.807) is 0 Å². The van der Waals surface area contributed by atoms with Crippen LogP contribution in [0.3, 0.4) is 0 Å². The third-order valence-corrected chi connectivity index (χ3v) is 2.98. The summed E-state index contributed by atoms with van der Waals surface area (Å²) in [6, 6.07) is 13.7. The zero-order valence-electron chi connectivity index (χ0n) is 11.2. The van der Waals surface area contributed by atoms with Gasteiger partial charge in [0, 0.05) is 23.4 Å². The van der Waals surface area contributed by atoms with Crippen molar-refractivity contribution in [1.82, 2.24) is 5.16 Å². The first-order valence-corrected chi connectivity index (χ1v) is 6.42. The lowest BCUT2D eigenvalue weighted by Crippen LogP contribution is -2.12. The summed E-state index contributed by atoms with van der Waals surface area (Å²) in [6.07, 6.45) is 0. The number of anilines is 1. The number of hydrogen-bond donors (Lipinski definition) is 1. The zero-order valence-corrected chi connectivity index (χ0v) is 11.2. The van der Waals surface area contributed by atoms with Crippen LogP contribution < -0.4 is 5.32 Å². The number of benzene rings is 2. The first-order valence-electron chi connectivity index (χ1n) is 6.42. The summed E-state index contributed by atoms with van der Waals surface area (Å²) in [5.41, 5.74) is 0.957. The Balaban J connectivity index is 1.78. The second-order valence-electron chi connectivity index (χ2n) is 4.53.